The fourth-order valence-electron chi connectivity index (χ4n) is 1.39. The van der Waals surface area contributed by atoms with Crippen molar-refractivity contribution in [2.75, 3.05) is 17.3 Å². The Balaban J connectivity index is 2.59. The van der Waals surface area contributed by atoms with Crippen molar-refractivity contribution in [1.82, 2.24) is 0 Å². The highest BCUT2D eigenvalue weighted by Crippen LogP contribution is 2.17. The van der Waals surface area contributed by atoms with Crippen molar-refractivity contribution < 1.29 is 19.5 Å². The molecule has 0 atom stereocenters. The number of carbonyl (C=O) groups excluding carboxylic acids is 2. The summed E-state index contributed by atoms with van der Waals surface area (Å²) in [6.07, 6.45) is -0.262. The van der Waals surface area contributed by atoms with Gasteiger partial charge in [-0.1, -0.05) is 0 Å². The number of carboxylic acids is 1. The lowest BCUT2D eigenvalue weighted by molar-refractivity contribution is -0.138. The Bertz CT molecular complexity index is 482. The second kappa shape index (κ2) is 6.53. The molecule has 2 amide bonds. The zero-order valence-corrected chi connectivity index (χ0v) is 10.8. The smallest absolute Gasteiger partial charge is 0.303 e. The Labute approximate surface area is 111 Å². The van der Waals surface area contributed by atoms with E-state index in [9.17, 15) is 14.4 Å². The number of hydrogen-bond donors (Lipinski definition) is 2. The van der Waals surface area contributed by atoms with Crippen LogP contribution in [0.2, 0.25) is 0 Å². The molecule has 0 heterocycles. The van der Waals surface area contributed by atoms with Gasteiger partial charge in [-0.05, 0) is 24.3 Å². The maximum atomic E-state index is 11.4. The molecule has 0 radical (unpaired) electrons. The van der Waals surface area contributed by atoms with E-state index in [1.165, 1.54) is 11.8 Å². The largest absolute Gasteiger partial charge is 0.481 e. The van der Waals surface area contributed by atoms with Gasteiger partial charge in [-0.3, -0.25) is 14.4 Å². The van der Waals surface area contributed by atoms with Crippen molar-refractivity contribution in [3.63, 3.8) is 0 Å². The SMILES string of the molecule is CC(=O)N(C)c1ccc(NC(=O)CCC(=O)O)cc1. The third-order valence-corrected chi connectivity index (χ3v) is 2.58. The summed E-state index contributed by atoms with van der Waals surface area (Å²) in [7, 11) is 1.66. The van der Waals surface area contributed by atoms with Crippen LogP contribution in [0.1, 0.15) is 19.8 Å². The third kappa shape index (κ3) is 4.79. The van der Waals surface area contributed by atoms with E-state index in [0.29, 0.717) is 5.69 Å². The summed E-state index contributed by atoms with van der Waals surface area (Å²) in [6, 6.07) is 6.73. The van der Waals surface area contributed by atoms with Crippen molar-refractivity contribution in [3.05, 3.63) is 24.3 Å². The minimum atomic E-state index is -1.01. The molecule has 0 fully saturated rings. The molecule has 1 aromatic carbocycles. The normalized spacial score (nSPS) is 9.79. The first-order valence-corrected chi connectivity index (χ1v) is 5.76. The number of amides is 2. The van der Waals surface area contributed by atoms with E-state index in [0.717, 1.165) is 5.69 Å². The lowest BCUT2D eigenvalue weighted by Crippen LogP contribution is -2.22. The molecule has 2 N–H and O–H groups in total. The van der Waals surface area contributed by atoms with Gasteiger partial charge in [-0.25, -0.2) is 0 Å². The van der Waals surface area contributed by atoms with Crippen LogP contribution >= 0.6 is 0 Å². The number of hydrogen-bond acceptors (Lipinski definition) is 3. The Kier molecular flexibility index (Phi) is 5.05. The highest BCUT2D eigenvalue weighted by atomic mass is 16.4. The van der Waals surface area contributed by atoms with Crippen molar-refractivity contribution in [3.8, 4) is 0 Å². The van der Waals surface area contributed by atoms with Gasteiger partial charge in [0.1, 0.15) is 0 Å². The van der Waals surface area contributed by atoms with Crippen molar-refractivity contribution >= 4 is 29.2 Å². The van der Waals surface area contributed by atoms with E-state index >= 15 is 0 Å². The summed E-state index contributed by atoms with van der Waals surface area (Å²) in [5.41, 5.74) is 1.28. The minimum Gasteiger partial charge on any atom is -0.481 e. The molecule has 0 spiro atoms. The zero-order valence-electron chi connectivity index (χ0n) is 10.8. The Morgan fingerprint density at radius 1 is 1.16 bits per heavy atom. The molecule has 0 aliphatic heterocycles. The number of anilines is 2. The van der Waals surface area contributed by atoms with Crippen LogP contribution in [0.25, 0.3) is 0 Å². The quantitative estimate of drug-likeness (QED) is 0.843. The topological polar surface area (TPSA) is 86.7 Å². The fraction of sp³-hybridized carbons (Fsp3) is 0.308. The monoisotopic (exact) mass is 264 g/mol. The first kappa shape index (κ1) is 14.7. The van der Waals surface area contributed by atoms with Crippen molar-refractivity contribution in [1.29, 1.82) is 0 Å². The molecule has 0 aliphatic rings. The second-order valence-corrected chi connectivity index (χ2v) is 4.07. The van der Waals surface area contributed by atoms with Gasteiger partial charge in [-0.15, -0.1) is 0 Å². The summed E-state index contributed by atoms with van der Waals surface area (Å²) in [5, 5.41) is 11.0. The average molecular weight is 264 g/mol. The van der Waals surface area contributed by atoms with E-state index in [-0.39, 0.29) is 24.7 Å². The number of carboxylic acid groups (broad SMARTS) is 1. The maximum absolute atomic E-state index is 11.4. The molecule has 1 aromatic rings. The number of carbonyl (C=O) groups is 3. The van der Waals surface area contributed by atoms with E-state index in [1.54, 1.807) is 31.3 Å². The highest BCUT2D eigenvalue weighted by Gasteiger charge is 2.07. The molecule has 0 unspecified atom stereocenters. The summed E-state index contributed by atoms with van der Waals surface area (Å²) in [4.78, 5) is 34.4. The molecule has 1 rings (SSSR count). The molecule has 102 valence electrons. The fourth-order valence-corrected chi connectivity index (χ4v) is 1.39. The van der Waals surface area contributed by atoms with Gasteiger partial charge < -0.3 is 15.3 Å². The zero-order chi connectivity index (χ0) is 14.4. The van der Waals surface area contributed by atoms with Crippen LogP contribution < -0.4 is 10.2 Å². The molecule has 0 saturated heterocycles. The van der Waals surface area contributed by atoms with Crippen molar-refractivity contribution in [2.45, 2.75) is 19.8 Å². The molecule has 0 aliphatic carbocycles. The van der Waals surface area contributed by atoms with E-state index in [2.05, 4.69) is 5.32 Å². The van der Waals surface area contributed by atoms with Crippen LogP contribution in [0, 0.1) is 0 Å². The first-order valence-electron chi connectivity index (χ1n) is 5.76. The molecule has 6 nitrogen and oxygen atoms in total. The number of nitrogens with one attached hydrogen (secondary N) is 1. The Morgan fingerprint density at radius 2 is 1.74 bits per heavy atom. The van der Waals surface area contributed by atoms with E-state index in [1.807, 2.05) is 0 Å². The molecule has 0 aromatic heterocycles. The lowest BCUT2D eigenvalue weighted by Gasteiger charge is -2.15. The molecular weight excluding hydrogens is 248 g/mol. The van der Waals surface area contributed by atoms with Gasteiger partial charge in [0, 0.05) is 31.8 Å². The summed E-state index contributed by atoms with van der Waals surface area (Å²) in [5.74, 6) is -1.44. The third-order valence-electron chi connectivity index (χ3n) is 2.58. The van der Waals surface area contributed by atoms with Crippen LogP contribution in [0.4, 0.5) is 11.4 Å². The Morgan fingerprint density at radius 3 is 2.21 bits per heavy atom. The van der Waals surface area contributed by atoms with Crippen LogP contribution in [0.3, 0.4) is 0 Å². The first-order chi connectivity index (χ1) is 8.90. The number of nitrogens with zero attached hydrogens (tertiary/aromatic N) is 1. The molecule has 0 saturated carbocycles. The van der Waals surface area contributed by atoms with Gasteiger partial charge in [0.05, 0.1) is 6.42 Å². The van der Waals surface area contributed by atoms with Gasteiger partial charge in [0.25, 0.3) is 0 Å². The van der Waals surface area contributed by atoms with E-state index < -0.39 is 5.97 Å². The Hall–Kier alpha value is -2.37. The maximum Gasteiger partial charge on any atom is 0.303 e. The predicted octanol–water partition coefficient (Wildman–Crippen LogP) is 1.47. The molecule has 0 bridgehead atoms. The van der Waals surface area contributed by atoms with Crippen molar-refractivity contribution in [2.24, 2.45) is 0 Å². The van der Waals surface area contributed by atoms with Crippen LogP contribution in [-0.4, -0.2) is 29.9 Å². The standard InChI is InChI=1S/C13H16N2O4/c1-9(16)15(2)11-5-3-10(4-6-11)14-12(17)7-8-13(18)19/h3-6H,7-8H2,1-2H3,(H,14,17)(H,18,19). The van der Waals surface area contributed by atoms with Gasteiger partial charge in [-0.2, -0.15) is 0 Å². The number of rotatable bonds is 5. The van der Waals surface area contributed by atoms with Crippen LogP contribution in [0.5, 0.6) is 0 Å². The number of benzene rings is 1. The lowest BCUT2D eigenvalue weighted by atomic mass is 10.2. The summed E-state index contributed by atoms with van der Waals surface area (Å²) in [6.45, 7) is 1.46. The van der Waals surface area contributed by atoms with Crippen LogP contribution in [0.15, 0.2) is 24.3 Å². The molecular formula is C13H16N2O4. The predicted molar refractivity (Wildman–Crippen MR) is 71.0 cm³/mol. The second-order valence-electron chi connectivity index (χ2n) is 4.07. The van der Waals surface area contributed by atoms with Gasteiger partial charge in [0.2, 0.25) is 11.8 Å². The minimum absolute atomic E-state index is 0.0650. The van der Waals surface area contributed by atoms with Crippen LogP contribution in [-0.2, 0) is 14.4 Å². The summed E-state index contributed by atoms with van der Waals surface area (Å²) >= 11 is 0. The number of aliphatic carboxylic acids is 1. The average Bonchev–Trinajstić information content (AvgIpc) is 2.36. The molecule has 6 heteroatoms. The van der Waals surface area contributed by atoms with Gasteiger partial charge in [0.15, 0.2) is 0 Å². The van der Waals surface area contributed by atoms with E-state index in [4.69, 9.17) is 5.11 Å². The summed E-state index contributed by atoms with van der Waals surface area (Å²) < 4.78 is 0. The van der Waals surface area contributed by atoms with Gasteiger partial charge >= 0.3 is 5.97 Å². The molecule has 19 heavy (non-hydrogen) atoms. The highest BCUT2D eigenvalue weighted by molar-refractivity contribution is 5.94.